The molecular weight excluding hydrogens is 584 g/mol. The molecular formula is C42H76O5. The van der Waals surface area contributed by atoms with Crippen LogP contribution in [-0.4, -0.2) is 36.4 Å². The van der Waals surface area contributed by atoms with Gasteiger partial charge in [0.15, 0.2) is 6.10 Å². The van der Waals surface area contributed by atoms with E-state index in [2.05, 4.69) is 50.3 Å². The second-order valence-corrected chi connectivity index (χ2v) is 13.3. The molecule has 5 heteroatoms. The second kappa shape index (κ2) is 38.6. The van der Waals surface area contributed by atoms with Gasteiger partial charge in [0.2, 0.25) is 0 Å². The summed E-state index contributed by atoms with van der Waals surface area (Å²) >= 11 is 0. The quantitative estimate of drug-likeness (QED) is 0.0411. The highest BCUT2D eigenvalue weighted by Crippen LogP contribution is 2.15. The zero-order chi connectivity index (χ0) is 34.3. The van der Waals surface area contributed by atoms with Crippen molar-refractivity contribution in [3.8, 4) is 0 Å². The number of rotatable bonds is 36. The predicted molar refractivity (Wildman–Crippen MR) is 201 cm³/mol. The van der Waals surface area contributed by atoms with Gasteiger partial charge in [0.25, 0.3) is 0 Å². The summed E-state index contributed by atoms with van der Waals surface area (Å²) in [7, 11) is 0. The van der Waals surface area contributed by atoms with Crippen molar-refractivity contribution >= 4 is 11.9 Å². The van der Waals surface area contributed by atoms with Crippen molar-refractivity contribution in [3.63, 3.8) is 0 Å². The maximum Gasteiger partial charge on any atom is 0.306 e. The molecule has 0 aromatic rings. The number of aliphatic hydroxyl groups excluding tert-OH is 1. The number of allylic oxidation sites excluding steroid dienone is 6. The monoisotopic (exact) mass is 661 g/mol. The first-order valence-corrected chi connectivity index (χ1v) is 20.0. The molecule has 1 N–H and O–H groups in total. The number of carbonyl (C=O) groups is 2. The van der Waals surface area contributed by atoms with E-state index in [9.17, 15) is 14.7 Å². The van der Waals surface area contributed by atoms with Crippen LogP contribution in [0.3, 0.4) is 0 Å². The highest BCUT2D eigenvalue weighted by Gasteiger charge is 2.16. The van der Waals surface area contributed by atoms with E-state index >= 15 is 0 Å². The maximum absolute atomic E-state index is 12.2. The highest BCUT2D eigenvalue weighted by molar-refractivity contribution is 5.70. The number of carbonyl (C=O) groups excluding carboxylic acids is 2. The third-order valence-electron chi connectivity index (χ3n) is 8.70. The molecule has 0 aliphatic rings. The average molecular weight is 661 g/mol. The standard InChI is InChI=1S/C42H76O5/c1-3-5-7-9-11-13-15-17-19-20-21-23-24-26-28-30-32-34-36-41(44)46-39-40(38-43)47-42(45)37-35-33-31-29-27-25-22-18-16-14-12-10-8-6-4-2/h6,8,12,14,18,22,40,43H,3-5,7,9-11,13,15-17,19-21,23-39H2,1-2H3/b8-6+,14-12+,22-18+/t40-/m0/s1. The lowest BCUT2D eigenvalue weighted by Gasteiger charge is -2.15. The van der Waals surface area contributed by atoms with Crippen LogP contribution in [0.25, 0.3) is 0 Å². The SMILES string of the molecule is CC/C=C/C/C=C/C/C=C/CCCCCCCC(=O)O[C@@H](CO)COC(=O)CCCCCCCCCCCCCCCCCCCC. The molecule has 0 aromatic carbocycles. The lowest BCUT2D eigenvalue weighted by Crippen LogP contribution is -2.28. The van der Waals surface area contributed by atoms with Gasteiger partial charge in [0.1, 0.15) is 6.61 Å². The van der Waals surface area contributed by atoms with Gasteiger partial charge in [-0.25, -0.2) is 0 Å². The molecule has 274 valence electrons. The molecule has 5 nitrogen and oxygen atoms in total. The van der Waals surface area contributed by atoms with Gasteiger partial charge in [0, 0.05) is 12.8 Å². The summed E-state index contributed by atoms with van der Waals surface area (Å²) in [6, 6.07) is 0. The Bertz CT molecular complexity index is 756. The molecule has 0 aliphatic heterocycles. The number of aliphatic hydroxyl groups is 1. The number of unbranched alkanes of at least 4 members (excludes halogenated alkanes) is 22. The molecule has 0 bridgehead atoms. The average Bonchev–Trinajstić information content (AvgIpc) is 3.07. The zero-order valence-corrected chi connectivity index (χ0v) is 31.0. The predicted octanol–water partition coefficient (Wildman–Crippen LogP) is 12.5. The smallest absolute Gasteiger partial charge is 0.306 e. The Balaban J connectivity index is 3.54. The van der Waals surface area contributed by atoms with Crippen LogP contribution in [0.1, 0.15) is 200 Å². The number of hydrogen-bond acceptors (Lipinski definition) is 5. The topological polar surface area (TPSA) is 72.8 Å². The number of esters is 2. The van der Waals surface area contributed by atoms with Crippen LogP contribution in [0.5, 0.6) is 0 Å². The van der Waals surface area contributed by atoms with Crippen molar-refractivity contribution in [2.24, 2.45) is 0 Å². The molecule has 0 aromatic heterocycles. The van der Waals surface area contributed by atoms with E-state index in [-0.39, 0.29) is 25.2 Å². The molecule has 0 fully saturated rings. The highest BCUT2D eigenvalue weighted by atomic mass is 16.6. The first-order valence-electron chi connectivity index (χ1n) is 20.0. The molecule has 0 aliphatic carbocycles. The molecule has 0 spiro atoms. The first kappa shape index (κ1) is 45.1. The summed E-state index contributed by atoms with van der Waals surface area (Å²) < 4.78 is 10.6. The summed E-state index contributed by atoms with van der Waals surface area (Å²) in [5, 5.41) is 9.55. The zero-order valence-electron chi connectivity index (χ0n) is 31.0. The van der Waals surface area contributed by atoms with Gasteiger partial charge >= 0.3 is 11.9 Å². The van der Waals surface area contributed by atoms with Gasteiger partial charge in [-0.15, -0.1) is 0 Å². The number of hydrogen-bond donors (Lipinski definition) is 1. The van der Waals surface area contributed by atoms with Crippen LogP contribution in [0.4, 0.5) is 0 Å². The normalized spacial score (nSPS) is 12.5. The van der Waals surface area contributed by atoms with Gasteiger partial charge < -0.3 is 14.6 Å². The molecule has 0 radical (unpaired) electrons. The Morgan fingerprint density at radius 1 is 0.511 bits per heavy atom. The third kappa shape index (κ3) is 36.8. The first-order chi connectivity index (χ1) is 23.1. The summed E-state index contributed by atoms with van der Waals surface area (Å²) in [4.78, 5) is 24.2. The van der Waals surface area contributed by atoms with Crippen LogP contribution < -0.4 is 0 Å². The molecule has 47 heavy (non-hydrogen) atoms. The summed E-state index contributed by atoms with van der Waals surface area (Å²) in [6.07, 6.45) is 46.4. The molecule has 0 unspecified atom stereocenters. The van der Waals surface area contributed by atoms with Crippen molar-refractivity contribution in [1.82, 2.24) is 0 Å². The lowest BCUT2D eigenvalue weighted by molar-refractivity contribution is -0.161. The van der Waals surface area contributed by atoms with E-state index in [1.807, 2.05) is 0 Å². The minimum absolute atomic E-state index is 0.0701. The fourth-order valence-electron chi connectivity index (χ4n) is 5.69. The molecule has 1 atom stereocenters. The van der Waals surface area contributed by atoms with Crippen molar-refractivity contribution in [2.75, 3.05) is 13.2 Å². The van der Waals surface area contributed by atoms with E-state index in [1.54, 1.807) is 0 Å². The van der Waals surface area contributed by atoms with Gasteiger partial charge in [0.05, 0.1) is 6.61 Å². The van der Waals surface area contributed by atoms with Crippen LogP contribution in [0.15, 0.2) is 36.5 Å². The largest absolute Gasteiger partial charge is 0.462 e. The Morgan fingerprint density at radius 2 is 0.915 bits per heavy atom. The second-order valence-electron chi connectivity index (χ2n) is 13.3. The minimum Gasteiger partial charge on any atom is -0.462 e. The Labute approximate surface area is 291 Å². The van der Waals surface area contributed by atoms with E-state index in [4.69, 9.17) is 9.47 Å². The van der Waals surface area contributed by atoms with E-state index in [0.717, 1.165) is 70.6 Å². The summed E-state index contributed by atoms with van der Waals surface area (Å²) in [5.41, 5.74) is 0. The lowest BCUT2D eigenvalue weighted by atomic mass is 10.0. The Morgan fingerprint density at radius 3 is 1.38 bits per heavy atom. The molecule has 0 rings (SSSR count). The summed E-state index contributed by atoms with van der Waals surface area (Å²) in [5.74, 6) is -0.605. The van der Waals surface area contributed by atoms with E-state index in [1.165, 1.54) is 103 Å². The van der Waals surface area contributed by atoms with Crippen LogP contribution in [0, 0.1) is 0 Å². The Kier molecular flexibility index (Phi) is 37.0. The third-order valence-corrected chi connectivity index (χ3v) is 8.70. The molecule has 0 saturated heterocycles. The minimum atomic E-state index is -0.777. The van der Waals surface area contributed by atoms with Crippen molar-refractivity contribution in [2.45, 2.75) is 206 Å². The number of ether oxygens (including phenoxy) is 2. The molecule has 0 heterocycles. The van der Waals surface area contributed by atoms with Crippen molar-refractivity contribution in [1.29, 1.82) is 0 Å². The molecule has 0 saturated carbocycles. The van der Waals surface area contributed by atoms with Crippen LogP contribution >= 0.6 is 0 Å². The van der Waals surface area contributed by atoms with Gasteiger partial charge in [-0.2, -0.15) is 0 Å². The van der Waals surface area contributed by atoms with Crippen LogP contribution in [-0.2, 0) is 19.1 Å². The van der Waals surface area contributed by atoms with Crippen molar-refractivity contribution < 1.29 is 24.2 Å². The van der Waals surface area contributed by atoms with Gasteiger partial charge in [-0.3, -0.25) is 9.59 Å². The fourth-order valence-corrected chi connectivity index (χ4v) is 5.69. The Hall–Kier alpha value is -1.88. The maximum atomic E-state index is 12.2. The van der Waals surface area contributed by atoms with Gasteiger partial charge in [-0.1, -0.05) is 179 Å². The summed E-state index contributed by atoms with van der Waals surface area (Å²) in [6.45, 7) is 4.02. The molecule has 0 amide bonds. The van der Waals surface area contributed by atoms with Gasteiger partial charge in [-0.05, 0) is 44.9 Å². The van der Waals surface area contributed by atoms with E-state index < -0.39 is 6.10 Å². The van der Waals surface area contributed by atoms with Crippen molar-refractivity contribution in [3.05, 3.63) is 36.5 Å². The van der Waals surface area contributed by atoms with Crippen LogP contribution in [0.2, 0.25) is 0 Å². The fraction of sp³-hybridized carbons (Fsp3) is 0.810. The van der Waals surface area contributed by atoms with E-state index in [0.29, 0.717) is 12.8 Å².